The van der Waals surface area contributed by atoms with E-state index < -0.39 is 0 Å². The van der Waals surface area contributed by atoms with Gasteiger partial charge in [0.2, 0.25) is 0 Å². The zero-order valence-electron chi connectivity index (χ0n) is 7.80. The van der Waals surface area contributed by atoms with Crippen LogP contribution in [0.1, 0.15) is 39.5 Å². The maximum Gasteiger partial charge on any atom is 0.306 e. The molecule has 68 valence electrons. The third kappa shape index (κ3) is 2.36. The molecule has 0 aliphatic carbocycles. The fourth-order valence-electron chi connectivity index (χ4n) is 1.48. The molecule has 0 aromatic heterocycles. The first-order chi connectivity index (χ1) is 5.74. The van der Waals surface area contributed by atoms with Crippen LogP contribution in [0.3, 0.4) is 0 Å². The molecule has 0 N–H and O–H groups in total. The summed E-state index contributed by atoms with van der Waals surface area (Å²) in [4.78, 5) is 10.9. The van der Waals surface area contributed by atoms with Gasteiger partial charge in [-0.1, -0.05) is 13.0 Å². The SMILES string of the molecule is CCC=C(C)C1CCCC(=O)O1. The number of carbonyl (C=O) groups is 1. The molecule has 1 aliphatic heterocycles. The highest BCUT2D eigenvalue weighted by molar-refractivity contribution is 5.70. The highest BCUT2D eigenvalue weighted by atomic mass is 16.5. The number of esters is 1. The van der Waals surface area contributed by atoms with Gasteiger partial charge >= 0.3 is 5.97 Å². The summed E-state index contributed by atoms with van der Waals surface area (Å²) in [6, 6.07) is 0. The first kappa shape index (κ1) is 9.30. The zero-order valence-corrected chi connectivity index (χ0v) is 7.80. The van der Waals surface area contributed by atoms with Gasteiger partial charge in [0.1, 0.15) is 6.10 Å². The average Bonchev–Trinajstić information content (AvgIpc) is 2.05. The summed E-state index contributed by atoms with van der Waals surface area (Å²) < 4.78 is 5.19. The molecule has 0 aromatic carbocycles. The lowest BCUT2D eigenvalue weighted by molar-refractivity contribution is -0.151. The topological polar surface area (TPSA) is 26.3 Å². The smallest absolute Gasteiger partial charge is 0.306 e. The Bertz CT molecular complexity index is 194. The van der Waals surface area contributed by atoms with Crippen molar-refractivity contribution >= 4 is 5.97 Å². The average molecular weight is 168 g/mol. The van der Waals surface area contributed by atoms with Crippen LogP contribution < -0.4 is 0 Å². The molecule has 0 radical (unpaired) electrons. The Morgan fingerprint density at radius 3 is 3.08 bits per heavy atom. The summed E-state index contributed by atoms with van der Waals surface area (Å²) in [6.07, 6.45) is 5.76. The first-order valence-electron chi connectivity index (χ1n) is 4.60. The van der Waals surface area contributed by atoms with Crippen LogP contribution in [0.25, 0.3) is 0 Å². The van der Waals surface area contributed by atoms with Gasteiger partial charge in [-0.2, -0.15) is 0 Å². The molecular formula is C10H16O2. The van der Waals surface area contributed by atoms with Crippen molar-refractivity contribution in [1.29, 1.82) is 0 Å². The summed E-state index contributed by atoms with van der Waals surface area (Å²) in [5.74, 6) is -0.0462. The maximum atomic E-state index is 10.9. The molecule has 1 heterocycles. The lowest BCUT2D eigenvalue weighted by atomic mass is 10.0. The van der Waals surface area contributed by atoms with Crippen LogP contribution in [0.4, 0.5) is 0 Å². The van der Waals surface area contributed by atoms with E-state index in [9.17, 15) is 4.79 Å². The molecule has 0 saturated carbocycles. The Balaban J connectivity index is 2.51. The highest BCUT2D eigenvalue weighted by Gasteiger charge is 2.20. The van der Waals surface area contributed by atoms with Crippen molar-refractivity contribution in [1.82, 2.24) is 0 Å². The van der Waals surface area contributed by atoms with E-state index in [0.717, 1.165) is 19.3 Å². The second kappa shape index (κ2) is 4.29. The van der Waals surface area contributed by atoms with E-state index in [1.165, 1.54) is 5.57 Å². The lowest BCUT2D eigenvalue weighted by Gasteiger charge is -2.22. The summed E-state index contributed by atoms with van der Waals surface area (Å²) in [6.45, 7) is 4.13. The number of hydrogen-bond acceptors (Lipinski definition) is 2. The molecule has 1 unspecified atom stereocenters. The molecule has 2 nitrogen and oxygen atoms in total. The predicted octanol–water partition coefficient (Wildman–Crippen LogP) is 2.44. The van der Waals surface area contributed by atoms with Crippen molar-refractivity contribution in [3.05, 3.63) is 11.6 Å². The molecular weight excluding hydrogens is 152 g/mol. The number of rotatable bonds is 2. The monoisotopic (exact) mass is 168 g/mol. The van der Waals surface area contributed by atoms with Gasteiger partial charge in [0.25, 0.3) is 0 Å². The van der Waals surface area contributed by atoms with Gasteiger partial charge < -0.3 is 4.74 Å². The number of carbonyl (C=O) groups excluding carboxylic acids is 1. The van der Waals surface area contributed by atoms with Gasteiger partial charge in [-0.25, -0.2) is 0 Å². The minimum atomic E-state index is -0.0462. The normalized spacial score (nSPS) is 25.3. The lowest BCUT2D eigenvalue weighted by Crippen LogP contribution is -2.24. The molecule has 0 bridgehead atoms. The zero-order chi connectivity index (χ0) is 8.97. The molecule has 1 fully saturated rings. The van der Waals surface area contributed by atoms with E-state index in [4.69, 9.17) is 4.74 Å². The molecule has 1 rings (SSSR count). The minimum Gasteiger partial charge on any atom is -0.458 e. The molecule has 0 amide bonds. The van der Waals surface area contributed by atoms with Crippen LogP contribution in [-0.2, 0) is 9.53 Å². The van der Waals surface area contributed by atoms with E-state index in [2.05, 4.69) is 13.0 Å². The third-order valence-corrected chi connectivity index (χ3v) is 2.15. The Morgan fingerprint density at radius 2 is 2.50 bits per heavy atom. The fraction of sp³-hybridized carbons (Fsp3) is 0.700. The van der Waals surface area contributed by atoms with E-state index in [0.29, 0.717) is 6.42 Å². The van der Waals surface area contributed by atoms with Crippen LogP contribution in [0.15, 0.2) is 11.6 Å². The molecule has 2 heteroatoms. The predicted molar refractivity (Wildman–Crippen MR) is 47.8 cm³/mol. The summed E-state index contributed by atoms with van der Waals surface area (Å²) in [7, 11) is 0. The summed E-state index contributed by atoms with van der Waals surface area (Å²) in [5.41, 5.74) is 1.20. The number of allylic oxidation sites excluding steroid dienone is 1. The Kier molecular flexibility index (Phi) is 3.32. The number of hydrogen-bond donors (Lipinski definition) is 0. The van der Waals surface area contributed by atoms with Crippen molar-refractivity contribution in [2.75, 3.05) is 0 Å². The van der Waals surface area contributed by atoms with Crippen LogP contribution in [0.2, 0.25) is 0 Å². The van der Waals surface area contributed by atoms with Crippen LogP contribution >= 0.6 is 0 Å². The van der Waals surface area contributed by atoms with Crippen LogP contribution in [0.5, 0.6) is 0 Å². The van der Waals surface area contributed by atoms with E-state index in [1.807, 2.05) is 6.92 Å². The number of ether oxygens (including phenoxy) is 1. The van der Waals surface area contributed by atoms with Crippen molar-refractivity contribution in [3.63, 3.8) is 0 Å². The van der Waals surface area contributed by atoms with E-state index in [-0.39, 0.29) is 12.1 Å². The molecule has 1 saturated heterocycles. The van der Waals surface area contributed by atoms with E-state index >= 15 is 0 Å². The minimum absolute atomic E-state index is 0.0462. The van der Waals surface area contributed by atoms with Crippen LogP contribution in [-0.4, -0.2) is 12.1 Å². The van der Waals surface area contributed by atoms with Crippen molar-refractivity contribution in [2.24, 2.45) is 0 Å². The third-order valence-electron chi connectivity index (χ3n) is 2.15. The quantitative estimate of drug-likeness (QED) is 0.467. The van der Waals surface area contributed by atoms with Gasteiger partial charge in [-0.05, 0) is 31.8 Å². The first-order valence-corrected chi connectivity index (χ1v) is 4.60. The van der Waals surface area contributed by atoms with Crippen LogP contribution in [0, 0.1) is 0 Å². The fourth-order valence-corrected chi connectivity index (χ4v) is 1.48. The molecule has 1 aliphatic rings. The summed E-state index contributed by atoms with van der Waals surface area (Å²) >= 11 is 0. The van der Waals surface area contributed by atoms with Crippen molar-refractivity contribution in [3.8, 4) is 0 Å². The molecule has 0 aromatic rings. The molecule has 12 heavy (non-hydrogen) atoms. The van der Waals surface area contributed by atoms with Gasteiger partial charge in [0.05, 0.1) is 0 Å². The Hall–Kier alpha value is -0.790. The highest BCUT2D eigenvalue weighted by Crippen LogP contribution is 2.20. The Morgan fingerprint density at radius 1 is 1.75 bits per heavy atom. The Labute approximate surface area is 73.6 Å². The molecule has 1 atom stereocenters. The van der Waals surface area contributed by atoms with Gasteiger partial charge in [0.15, 0.2) is 0 Å². The second-order valence-corrected chi connectivity index (χ2v) is 3.23. The second-order valence-electron chi connectivity index (χ2n) is 3.23. The van der Waals surface area contributed by atoms with Crippen molar-refractivity contribution in [2.45, 2.75) is 45.6 Å². The number of cyclic esters (lactones) is 1. The largest absolute Gasteiger partial charge is 0.458 e. The standard InChI is InChI=1S/C10H16O2/c1-3-5-8(2)9-6-4-7-10(11)12-9/h5,9H,3-4,6-7H2,1-2H3. The van der Waals surface area contributed by atoms with E-state index in [1.54, 1.807) is 0 Å². The van der Waals surface area contributed by atoms with Gasteiger partial charge in [0, 0.05) is 6.42 Å². The van der Waals surface area contributed by atoms with Gasteiger partial charge in [-0.3, -0.25) is 4.79 Å². The maximum absolute atomic E-state index is 10.9. The van der Waals surface area contributed by atoms with Crippen molar-refractivity contribution < 1.29 is 9.53 Å². The molecule has 0 spiro atoms. The van der Waals surface area contributed by atoms with Gasteiger partial charge in [-0.15, -0.1) is 0 Å². The summed E-state index contributed by atoms with van der Waals surface area (Å²) in [5, 5.41) is 0.